The minimum atomic E-state index is -0.516. The number of piperidine rings is 8. The molecule has 12 unspecified atom stereocenters. The number of carbonyl (C=O) groups excluding carboxylic acids is 4. The maximum Gasteiger partial charge on any atom is 0.275 e. The summed E-state index contributed by atoms with van der Waals surface area (Å²) in [6, 6.07) is 34.3. The van der Waals surface area contributed by atoms with Gasteiger partial charge in [0.05, 0.1) is 81.3 Å². The fraction of sp³-hybridized carbons (Fsp3) is 0.356. The van der Waals surface area contributed by atoms with E-state index in [1.54, 1.807) is 92.2 Å². The molecule has 4 aliphatic carbocycles. The van der Waals surface area contributed by atoms with E-state index in [1.165, 1.54) is 34.1 Å². The average molecular weight is 1680 g/mol. The number of fused-ring (bicyclic) bond motifs is 12. The molecule has 0 spiro atoms. The second-order valence-corrected chi connectivity index (χ2v) is 33.7. The number of rotatable bonds is 16. The van der Waals surface area contributed by atoms with E-state index in [4.69, 9.17) is 23.2 Å². The number of carbonyl (C=O) groups is 4. The first-order valence-electron chi connectivity index (χ1n) is 41.5. The molecule has 0 radical (unpaired) electrons. The zero-order chi connectivity index (χ0) is 84.1. The summed E-state index contributed by atoms with van der Waals surface area (Å²) in [7, 11) is 0. The van der Waals surface area contributed by atoms with Gasteiger partial charge in [0.15, 0.2) is 23.2 Å². The summed E-state index contributed by atoms with van der Waals surface area (Å²) in [4.78, 5) is 109. The molecule has 122 heavy (non-hydrogen) atoms. The van der Waals surface area contributed by atoms with Crippen LogP contribution in [-0.4, -0.2) is 198 Å². The van der Waals surface area contributed by atoms with Crippen LogP contribution in [0.5, 0.6) is 0 Å². The van der Waals surface area contributed by atoms with E-state index in [1.807, 2.05) is 126 Å². The Bertz CT molecular complexity index is 5500. The molecular formula is C90H92Cl2F2N24O4. The third-order valence-corrected chi connectivity index (χ3v) is 25.0. The van der Waals surface area contributed by atoms with E-state index < -0.39 is 11.6 Å². The van der Waals surface area contributed by atoms with Gasteiger partial charge in [-0.25, -0.2) is 53.6 Å². The number of pyridine rings is 6. The lowest BCUT2D eigenvalue weighted by atomic mass is 9.76. The van der Waals surface area contributed by atoms with Crippen molar-refractivity contribution in [3.63, 3.8) is 0 Å². The minimum Gasteiger partial charge on any atom is -0.365 e. The molecule has 18 heterocycles. The van der Waals surface area contributed by atoms with E-state index in [0.717, 1.165) is 136 Å². The molecule has 4 saturated carbocycles. The van der Waals surface area contributed by atoms with Crippen molar-refractivity contribution in [1.29, 1.82) is 0 Å². The molecule has 10 aromatic heterocycles. The standard InChI is InChI=1S/C24H24FN5O.C23H23ClN6O.C22H23FN6O.C21H22ClN7O/c1-15-6-9-21(28-13-15)29-19-12-16-7-8-20(19)30(14-16)24(31)17-4-2-5-18(25)22(17)23-26-10-3-11-27-23;1-14-9-17(21(28-11-14)22-25-7-2-8-26-22)23(31)30-13-15-3-5-19(30)18(10-15)29-20-6-4-16(24)12-27-20;1-14-5-8-20(24-12-14)27-18-11-15-6-7-19(18)28(13-15)22(30)16-3-2-4-17(23)21(16)29-25-9-10-26-29;1-13-2-5-18(29-24-8-9-25-29)20(26-13)21(30)28-12-14-3-6-17(28)16(10-14)27-19-7-4-15(22)11-23-19/h2-6,9-11,13,16,19-20H,7-8,12,14H2,1H3,(H,28,29);2,4,6-9,11-12,15,18-19H,3,5,10,13H2,1H3,(H,27,29);2-5,8-10,12,15,18-19H,6-7,11,13H2,1H3,(H,24,27);2,4-5,7-9,11,14,16-17H,3,6,10,12H2,1H3,(H,23,27). The average Bonchev–Trinajstić information content (AvgIpc) is 0.806. The quantitative estimate of drug-likeness (QED) is 0.0698. The van der Waals surface area contributed by atoms with Gasteiger partial charge in [0.1, 0.15) is 46.2 Å². The summed E-state index contributed by atoms with van der Waals surface area (Å²) in [6.07, 6.45) is 33.6. The molecule has 624 valence electrons. The van der Waals surface area contributed by atoms with Crippen LogP contribution in [0.1, 0.15) is 141 Å². The molecule has 12 fully saturated rings. The maximum absolute atomic E-state index is 14.8. The third kappa shape index (κ3) is 18.0. The topological polar surface area (TPSA) is 320 Å². The van der Waals surface area contributed by atoms with Gasteiger partial charge in [0, 0.05) is 112 Å². The summed E-state index contributed by atoms with van der Waals surface area (Å²) in [5, 5.41) is 31.8. The van der Waals surface area contributed by atoms with Gasteiger partial charge < -0.3 is 40.9 Å². The predicted molar refractivity (Wildman–Crippen MR) is 457 cm³/mol. The predicted octanol–water partition coefficient (Wildman–Crippen LogP) is 14.4. The fourth-order valence-electron chi connectivity index (χ4n) is 18.8. The van der Waals surface area contributed by atoms with Gasteiger partial charge in [-0.3, -0.25) is 24.2 Å². The van der Waals surface area contributed by atoms with E-state index in [2.05, 4.69) is 91.5 Å². The second-order valence-electron chi connectivity index (χ2n) is 32.8. The summed E-state index contributed by atoms with van der Waals surface area (Å²) in [5.74, 6) is 4.21. The summed E-state index contributed by atoms with van der Waals surface area (Å²) in [6.45, 7) is 10.7. The molecule has 4 N–H and O–H groups in total. The molecular weight excluding hydrogens is 1590 g/mol. The lowest BCUT2D eigenvalue weighted by molar-refractivity contribution is 0.0273. The zero-order valence-corrected chi connectivity index (χ0v) is 69.3. The maximum atomic E-state index is 14.8. The number of anilines is 4. The Morgan fingerprint density at radius 1 is 0.377 bits per heavy atom. The highest BCUT2D eigenvalue weighted by molar-refractivity contribution is 6.30. The molecule has 32 heteroatoms. The van der Waals surface area contributed by atoms with E-state index in [9.17, 15) is 28.0 Å². The Balaban J connectivity index is 0.000000116. The molecule has 24 rings (SSSR count). The lowest BCUT2D eigenvalue weighted by Crippen LogP contribution is -2.60. The van der Waals surface area contributed by atoms with Gasteiger partial charge in [0.2, 0.25) is 0 Å². The number of aryl methyl sites for hydroxylation is 4. The molecule has 12 aliphatic rings. The molecule has 8 aliphatic heterocycles. The van der Waals surface area contributed by atoms with E-state index in [0.29, 0.717) is 80.8 Å². The highest BCUT2D eigenvalue weighted by atomic mass is 35.5. The van der Waals surface area contributed by atoms with Crippen molar-refractivity contribution in [3.05, 3.63) is 262 Å². The summed E-state index contributed by atoms with van der Waals surface area (Å²) in [5.41, 5.74) is 6.87. The van der Waals surface area contributed by atoms with Crippen LogP contribution in [-0.2, 0) is 0 Å². The van der Waals surface area contributed by atoms with E-state index in [-0.39, 0.29) is 94.6 Å². The van der Waals surface area contributed by atoms with Gasteiger partial charge in [0.25, 0.3) is 23.6 Å². The van der Waals surface area contributed by atoms with Crippen LogP contribution in [0, 0.1) is 63.0 Å². The highest BCUT2D eigenvalue weighted by Gasteiger charge is 2.49. The van der Waals surface area contributed by atoms with Crippen LogP contribution in [0.25, 0.3) is 34.3 Å². The molecule has 8 saturated heterocycles. The number of hydrogen-bond donors (Lipinski definition) is 4. The van der Waals surface area contributed by atoms with Gasteiger partial charge in [-0.2, -0.15) is 20.4 Å². The van der Waals surface area contributed by atoms with Crippen LogP contribution in [0.2, 0.25) is 10.0 Å². The normalized spacial score (nSPS) is 22.6. The van der Waals surface area contributed by atoms with Gasteiger partial charge in [-0.05, 0) is 236 Å². The van der Waals surface area contributed by atoms with Crippen molar-refractivity contribution >= 4 is 70.1 Å². The first kappa shape index (κ1) is 81.7. The van der Waals surface area contributed by atoms with E-state index >= 15 is 0 Å². The number of hydrogen-bond acceptors (Lipinski definition) is 22. The van der Waals surface area contributed by atoms with Gasteiger partial charge in [-0.1, -0.05) is 47.5 Å². The smallest absolute Gasteiger partial charge is 0.275 e. The van der Waals surface area contributed by atoms with Crippen LogP contribution in [0.3, 0.4) is 0 Å². The number of halogens is 4. The van der Waals surface area contributed by atoms with Crippen LogP contribution < -0.4 is 21.3 Å². The number of aromatic nitrogens is 16. The number of nitrogens with zero attached hydrogens (tertiary/aromatic N) is 20. The van der Waals surface area contributed by atoms with Crippen molar-refractivity contribution in [2.24, 2.45) is 23.7 Å². The molecule has 28 nitrogen and oxygen atoms in total. The Labute approximate surface area is 714 Å². The van der Waals surface area contributed by atoms with Gasteiger partial charge >= 0.3 is 0 Å². The molecule has 12 aromatic rings. The Morgan fingerprint density at radius 3 is 1.22 bits per heavy atom. The van der Waals surface area contributed by atoms with Gasteiger partial charge in [-0.15, -0.1) is 9.59 Å². The lowest BCUT2D eigenvalue weighted by Gasteiger charge is -2.50. The van der Waals surface area contributed by atoms with Crippen LogP contribution >= 0.6 is 23.2 Å². The second kappa shape index (κ2) is 36.3. The summed E-state index contributed by atoms with van der Waals surface area (Å²) < 4.78 is 29.4. The SMILES string of the molecule is Cc1ccc(-n2nccn2)c(C(=O)N2CC3CCC2C(Nc2ccc(Cl)cn2)C3)n1.Cc1ccc(NC2CC3CCC2N(C(=O)c2cccc(F)c2-c2ncccn2)C3)nc1.Cc1ccc(NC2CC3CCC2N(C(=O)c2cccc(F)c2-n2nccn2)C3)nc1.Cc1cnc(-c2ncccn2)c(C(=O)N2CC3CCC2C(Nc2ccc(Cl)cn2)C3)c1. The number of benzene rings is 2. The highest BCUT2D eigenvalue weighted by Crippen LogP contribution is 2.43. The van der Waals surface area contributed by atoms with Crippen LogP contribution in [0.4, 0.5) is 32.1 Å². The van der Waals surface area contributed by atoms with Crippen LogP contribution in [0.15, 0.2) is 196 Å². The monoisotopic (exact) mass is 1680 g/mol. The van der Waals surface area contributed by atoms with Crippen molar-refractivity contribution in [2.75, 3.05) is 47.4 Å². The Morgan fingerprint density at radius 2 is 0.779 bits per heavy atom. The number of nitrogens with one attached hydrogen (secondary N) is 4. The van der Waals surface area contributed by atoms with Crippen molar-refractivity contribution in [1.82, 2.24) is 99.4 Å². The van der Waals surface area contributed by atoms with Crippen molar-refractivity contribution in [3.8, 4) is 34.3 Å². The van der Waals surface area contributed by atoms with Crippen molar-refractivity contribution in [2.45, 2.75) is 153 Å². The molecule has 2 aromatic carbocycles. The first-order chi connectivity index (χ1) is 59.4. The minimum absolute atomic E-state index is 0.0103. The number of amides is 4. The largest absolute Gasteiger partial charge is 0.365 e. The third-order valence-electron chi connectivity index (χ3n) is 24.5. The Kier molecular flexibility index (Phi) is 24.3. The number of para-hydroxylation sites is 1. The molecule has 4 amide bonds. The fourth-order valence-corrected chi connectivity index (χ4v) is 19.1. The summed E-state index contributed by atoms with van der Waals surface area (Å²) >= 11 is 11.9. The molecule has 12 atom stereocenters. The van der Waals surface area contributed by atoms with Crippen molar-refractivity contribution < 1.29 is 28.0 Å². The first-order valence-corrected chi connectivity index (χ1v) is 42.3. The Hall–Kier alpha value is -12.7. The zero-order valence-electron chi connectivity index (χ0n) is 67.8. The molecule has 8 bridgehead atoms.